The van der Waals surface area contributed by atoms with E-state index in [9.17, 15) is 0 Å². The van der Waals surface area contributed by atoms with Gasteiger partial charge in [0.15, 0.2) is 0 Å². The van der Waals surface area contributed by atoms with Crippen LogP contribution in [0.3, 0.4) is 0 Å². The van der Waals surface area contributed by atoms with Crippen LogP contribution in [0.15, 0.2) is 56.2 Å². The lowest BCUT2D eigenvalue weighted by Crippen LogP contribution is -1.88. The Hall–Kier alpha value is -1.90. The molecule has 0 saturated heterocycles. The van der Waals surface area contributed by atoms with E-state index in [1.165, 1.54) is 0 Å². The van der Waals surface area contributed by atoms with Crippen molar-refractivity contribution in [1.82, 2.24) is 14.8 Å². The van der Waals surface area contributed by atoms with Gasteiger partial charge in [-0.15, -0.1) is 10.2 Å². The van der Waals surface area contributed by atoms with Gasteiger partial charge < -0.3 is 0 Å². The zero-order valence-electron chi connectivity index (χ0n) is 7.30. The molecule has 0 saturated carbocycles. The monoisotopic (exact) mass is 173 g/mol. The largest absolute Gasteiger partial charge is 0.288 e. The molecule has 0 spiro atoms. The predicted octanol–water partition coefficient (Wildman–Crippen LogP) is 2.05. The Kier molecular flexibility index (Phi) is 3.45. The van der Waals surface area contributed by atoms with Crippen LogP contribution in [0.25, 0.3) is 5.70 Å². The maximum absolute atomic E-state index is 3.70. The lowest BCUT2D eigenvalue weighted by atomic mass is 10.3. The average molecular weight is 173 g/mol. The summed E-state index contributed by atoms with van der Waals surface area (Å²) in [4.78, 5) is 0. The average Bonchev–Trinajstić information content (AvgIpc) is 2.65. The zero-order chi connectivity index (χ0) is 9.52. The van der Waals surface area contributed by atoms with Gasteiger partial charge in [0.05, 0.1) is 0 Å². The van der Waals surface area contributed by atoms with Gasteiger partial charge >= 0.3 is 0 Å². The second kappa shape index (κ2) is 4.87. The zero-order valence-corrected chi connectivity index (χ0v) is 7.30. The SMILES string of the molecule is C=C/C=C\C=C(/C=C)n1cnnc1. The van der Waals surface area contributed by atoms with Crippen molar-refractivity contribution in [3.8, 4) is 0 Å². The third kappa shape index (κ3) is 2.56. The minimum absolute atomic E-state index is 0.920. The first-order valence-electron chi connectivity index (χ1n) is 3.85. The molecule has 1 rings (SSSR count). The van der Waals surface area contributed by atoms with Gasteiger partial charge in [0.2, 0.25) is 0 Å². The molecule has 66 valence electrons. The fraction of sp³-hybridized carbons (Fsp3) is 0. The van der Waals surface area contributed by atoms with Crippen molar-refractivity contribution in [2.45, 2.75) is 0 Å². The summed E-state index contributed by atoms with van der Waals surface area (Å²) in [7, 11) is 0. The molecule has 0 aliphatic heterocycles. The molecule has 0 atom stereocenters. The van der Waals surface area contributed by atoms with Crippen LogP contribution < -0.4 is 0 Å². The topological polar surface area (TPSA) is 30.7 Å². The van der Waals surface area contributed by atoms with Crippen molar-refractivity contribution in [2.75, 3.05) is 0 Å². The molecule has 1 aromatic heterocycles. The van der Waals surface area contributed by atoms with E-state index in [0.717, 1.165) is 5.70 Å². The summed E-state index contributed by atoms with van der Waals surface area (Å²) in [5.41, 5.74) is 0.920. The molecule has 0 aromatic carbocycles. The predicted molar refractivity (Wildman–Crippen MR) is 53.8 cm³/mol. The van der Waals surface area contributed by atoms with Crippen LogP contribution in [0.1, 0.15) is 0 Å². The maximum atomic E-state index is 3.70. The molecule has 0 aliphatic carbocycles. The van der Waals surface area contributed by atoms with E-state index in [-0.39, 0.29) is 0 Å². The van der Waals surface area contributed by atoms with Gasteiger partial charge in [-0.1, -0.05) is 31.4 Å². The molecular weight excluding hydrogens is 162 g/mol. The summed E-state index contributed by atoms with van der Waals surface area (Å²) >= 11 is 0. The van der Waals surface area contributed by atoms with Crippen LogP contribution in [0.5, 0.6) is 0 Å². The van der Waals surface area contributed by atoms with E-state index in [4.69, 9.17) is 0 Å². The van der Waals surface area contributed by atoms with Crippen molar-refractivity contribution in [3.05, 3.63) is 56.2 Å². The summed E-state index contributed by atoms with van der Waals surface area (Å²) in [6.07, 6.45) is 12.3. The highest BCUT2D eigenvalue weighted by Gasteiger charge is 1.91. The van der Waals surface area contributed by atoms with E-state index < -0.39 is 0 Å². The highest BCUT2D eigenvalue weighted by atomic mass is 15.2. The van der Waals surface area contributed by atoms with Crippen molar-refractivity contribution in [2.24, 2.45) is 0 Å². The smallest absolute Gasteiger partial charge is 0.123 e. The highest BCUT2D eigenvalue weighted by molar-refractivity contribution is 5.57. The molecule has 0 aliphatic rings. The van der Waals surface area contributed by atoms with Gasteiger partial charge in [0.25, 0.3) is 0 Å². The first kappa shape index (κ1) is 9.19. The highest BCUT2D eigenvalue weighted by Crippen LogP contribution is 2.03. The molecule has 0 amide bonds. The minimum atomic E-state index is 0.920. The molecule has 0 N–H and O–H groups in total. The molecule has 3 nitrogen and oxygen atoms in total. The van der Waals surface area contributed by atoms with Gasteiger partial charge in [0, 0.05) is 5.70 Å². The lowest BCUT2D eigenvalue weighted by Gasteiger charge is -1.98. The molecular formula is C10H11N3. The molecule has 1 aromatic rings. The normalized spacial score (nSPS) is 11.8. The minimum Gasteiger partial charge on any atom is -0.288 e. The second-order valence-electron chi connectivity index (χ2n) is 2.29. The maximum Gasteiger partial charge on any atom is 0.123 e. The van der Waals surface area contributed by atoms with E-state index in [2.05, 4.69) is 23.4 Å². The quantitative estimate of drug-likeness (QED) is 0.652. The fourth-order valence-electron chi connectivity index (χ4n) is 0.826. The van der Waals surface area contributed by atoms with Crippen LogP contribution in [-0.4, -0.2) is 14.8 Å². The van der Waals surface area contributed by atoms with Crippen LogP contribution >= 0.6 is 0 Å². The number of allylic oxidation sites excluding steroid dienone is 6. The molecule has 13 heavy (non-hydrogen) atoms. The lowest BCUT2D eigenvalue weighted by molar-refractivity contribution is 1.09. The van der Waals surface area contributed by atoms with E-state index >= 15 is 0 Å². The Balaban J connectivity index is 2.85. The Bertz CT molecular complexity index is 331. The van der Waals surface area contributed by atoms with Gasteiger partial charge in [-0.05, 0) is 12.2 Å². The number of hydrogen-bond donors (Lipinski definition) is 0. The Morgan fingerprint density at radius 1 is 1.15 bits per heavy atom. The van der Waals surface area contributed by atoms with Crippen LogP contribution in [0.4, 0.5) is 0 Å². The summed E-state index contributed by atoms with van der Waals surface area (Å²) in [6, 6.07) is 0. The van der Waals surface area contributed by atoms with Crippen LogP contribution in [0, 0.1) is 0 Å². The second-order valence-corrected chi connectivity index (χ2v) is 2.29. The van der Waals surface area contributed by atoms with Gasteiger partial charge in [-0.25, -0.2) is 0 Å². The fourth-order valence-corrected chi connectivity index (χ4v) is 0.826. The van der Waals surface area contributed by atoms with Gasteiger partial charge in [0.1, 0.15) is 12.7 Å². The van der Waals surface area contributed by atoms with E-state index in [0.29, 0.717) is 0 Å². The van der Waals surface area contributed by atoms with Gasteiger partial charge in [-0.3, -0.25) is 4.57 Å². The first-order valence-corrected chi connectivity index (χ1v) is 3.85. The van der Waals surface area contributed by atoms with E-state index in [1.54, 1.807) is 29.4 Å². The molecule has 0 bridgehead atoms. The van der Waals surface area contributed by atoms with Crippen molar-refractivity contribution >= 4 is 5.70 Å². The molecule has 0 fully saturated rings. The van der Waals surface area contributed by atoms with Crippen LogP contribution in [-0.2, 0) is 0 Å². The molecule has 0 unspecified atom stereocenters. The standard InChI is InChI=1S/C10H11N3/c1-3-5-6-7-10(4-2)13-8-11-12-9-13/h3-9H,1-2H2/b6-5-,10-7+. The first-order chi connectivity index (χ1) is 6.38. The van der Waals surface area contributed by atoms with E-state index in [1.807, 2.05) is 18.2 Å². The number of hydrogen-bond acceptors (Lipinski definition) is 2. The summed E-state index contributed by atoms with van der Waals surface area (Å²) in [5, 5.41) is 7.40. The van der Waals surface area contributed by atoms with Gasteiger partial charge in [-0.2, -0.15) is 0 Å². The Morgan fingerprint density at radius 3 is 2.38 bits per heavy atom. The summed E-state index contributed by atoms with van der Waals surface area (Å²) in [5.74, 6) is 0. The van der Waals surface area contributed by atoms with Crippen molar-refractivity contribution in [3.63, 3.8) is 0 Å². The Labute approximate surface area is 77.4 Å². The summed E-state index contributed by atoms with van der Waals surface area (Å²) < 4.78 is 1.78. The van der Waals surface area contributed by atoms with Crippen molar-refractivity contribution in [1.29, 1.82) is 0 Å². The molecule has 0 radical (unpaired) electrons. The summed E-state index contributed by atoms with van der Waals surface area (Å²) in [6.45, 7) is 7.26. The van der Waals surface area contributed by atoms with Crippen LogP contribution in [0.2, 0.25) is 0 Å². The van der Waals surface area contributed by atoms with Crippen molar-refractivity contribution < 1.29 is 0 Å². The Morgan fingerprint density at radius 2 is 1.85 bits per heavy atom. The molecule has 3 heteroatoms. The molecule has 1 heterocycles. The third-order valence-electron chi connectivity index (χ3n) is 1.44. The number of nitrogens with zero attached hydrogens (tertiary/aromatic N) is 3. The number of rotatable bonds is 4. The number of aromatic nitrogens is 3. The third-order valence-corrected chi connectivity index (χ3v) is 1.44.